The topological polar surface area (TPSA) is 55.4 Å². The molecule has 0 aliphatic rings. The van der Waals surface area contributed by atoms with Crippen LogP contribution >= 0.6 is 15.9 Å². The van der Waals surface area contributed by atoms with Crippen LogP contribution in [0.5, 0.6) is 0 Å². The first kappa shape index (κ1) is 16.2. The number of esters is 1. The molecule has 1 amide bonds. The number of hydrogen-bond donors (Lipinski definition) is 1. The summed E-state index contributed by atoms with van der Waals surface area (Å²) in [6.45, 7) is 1.58. The molecule has 0 radical (unpaired) electrons. The number of halogens is 1. The molecule has 1 unspecified atom stereocenters. The van der Waals surface area contributed by atoms with Gasteiger partial charge in [0.15, 0.2) is 6.61 Å². The van der Waals surface area contributed by atoms with Crippen molar-refractivity contribution in [1.82, 2.24) is 5.32 Å². The SMILES string of the molecule is CC(NC(=O)COC(=O)c1cccc(Br)c1)c1ccccc1. The second-order valence-corrected chi connectivity index (χ2v) is 5.70. The number of rotatable bonds is 5. The Bertz CT molecular complexity index is 658. The van der Waals surface area contributed by atoms with Gasteiger partial charge in [-0.3, -0.25) is 4.79 Å². The molecule has 0 aliphatic carbocycles. The van der Waals surface area contributed by atoms with Crippen LogP contribution in [0, 0.1) is 0 Å². The Labute approximate surface area is 137 Å². The average molecular weight is 362 g/mol. The zero-order valence-corrected chi connectivity index (χ0v) is 13.7. The molecule has 0 saturated carbocycles. The van der Waals surface area contributed by atoms with Gasteiger partial charge in [0.1, 0.15) is 0 Å². The zero-order valence-electron chi connectivity index (χ0n) is 12.1. The molecule has 0 saturated heterocycles. The van der Waals surface area contributed by atoms with E-state index in [0.29, 0.717) is 5.56 Å². The van der Waals surface area contributed by atoms with Gasteiger partial charge in [0.05, 0.1) is 11.6 Å². The van der Waals surface area contributed by atoms with E-state index >= 15 is 0 Å². The molecule has 0 aliphatic heterocycles. The third-order valence-corrected chi connectivity index (χ3v) is 3.56. The molecule has 1 N–H and O–H groups in total. The summed E-state index contributed by atoms with van der Waals surface area (Å²) in [5.41, 5.74) is 1.40. The van der Waals surface area contributed by atoms with Gasteiger partial charge in [-0.05, 0) is 30.7 Å². The Balaban J connectivity index is 1.84. The standard InChI is InChI=1S/C17H16BrNO3/c1-12(13-6-3-2-4-7-13)19-16(20)11-22-17(21)14-8-5-9-15(18)10-14/h2-10,12H,11H2,1H3,(H,19,20). The molecule has 114 valence electrons. The molecule has 2 aromatic carbocycles. The predicted molar refractivity (Wildman–Crippen MR) is 87.4 cm³/mol. The lowest BCUT2D eigenvalue weighted by atomic mass is 10.1. The summed E-state index contributed by atoms with van der Waals surface area (Å²) in [6.07, 6.45) is 0. The van der Waals surface area contributed by atoms with E-state index in [1.807, 2.05) is 43.3 Å². The van der Waals surface area contributed by atoms with Gasteiger partial charge in [0.25, 0.3) is 5.91 Å². The second-order valence-electron chi connectivity index (χ2n) is 4.79. The fourth-order valence-corrected chi connectivity index (χ4v) is 2.34. The van der Waals surface area contributed by atoms with Crippen LogP contribution in [0.25, 0.3) is 0 Å². The molecule has 5 heteroatoms. The van der Waals surface area contributed by atoms with E-state index in [2.05, 4.69) is 21.2 Å². The van der Waals surface area contributed by atoms with Gasteiger partial charge in [0.2, 0.25) is 0 Å². The number of amides is 1. The van der Waals surface area contributed by atoms with Gasteiger partial charge in [-0.1, -0.05) is 52.3 Å². The van der Waals surface area contributed by atoms with Crippen molar-refractivity contribution in [2.24, 2.45) is 0 Å². The fraction of sp³-hybridized carbons (Fsp3) is 0.176. The van der Waals surface area contributed by atoms with Gasteiger partial charge < -0.3 is 10.1 Å². The molecular weight excluding hydrogens is 346 g/mol. The predicted octanol–water partition coefficient (Wildman–Crippen LogP) is 3.48. The lowest BCUT2D eigenvalue weighted by Gasteiger charge is -2.14. The summed E-state index contributed by atoms with van der Waals surface area (Å²) >= 11 is 3.28. The largest absolute Gasteiger partial charge is 0.452 e. The van der Waals surface area contributed by atoms with Crippen LogP contribution in [0.3, 0.4) is 0 Å². The molecule has 0 heterocycles. The highest BCUT2D eigenvalue weighted by Crippen LogP contribution is 2.13. The molecule has 2 rings (SSSR count). The van der Waals surface area contributed by atoms with Gasteiger partial charge in [0, 0.05) is 4.47 Å². The first-order chi connectivity index (χ1) is 10.6. The third kappa shape index (κ3) is 4.70. The quantitative estimate of drug-likeness (QED) is 0.829. The average Bonchev–Trinajstić information content (AvgIpc) is 2.53. The Morgan fingerprint density at radius 1 is 1.14 bits per heavy atom. The molecule has 22 heavy (non-hydrogen) atoms. The molecule has 1 atom stereocenters. The maximum Gasteiger partial charge on any atom is 0.338 e. The minimum absolute atomic E-state index is 0.140. The lowest BCUT2D eigenvalue weighted by molar-refractivity contribution is -0.124. The summed E-state index contributed by atoms with van der Waals surface area (Å²) in [5, 5.41) is 2.79. The first-order valence-electron chi connectivity index (χ1n) is 6.83. The van der Waals surface area contributed by atoms with Crippen molar-refractivity contribution in [3.05, 3.63) is 70.2 Å². The van der Waals surface area contributed by atoms with Crippen molar-refractivity contribution < 1.29 is 14.3 Å². The van der Waals surface area contributed by atoms with E-state index in [-0.39, 0.29) is 18.6 Å². The summed E-state index contributed by atoms with van der Waals surface area (Å²) in [4.78, 5) is 23.7. The van der Waals surface area contributed by atoms with E-state index in [1.54, 1.807) is 18.2 Å². The minimum atomic E-state index is -0.524. The van der Waals surface area contributed by atoms with Gasteiger partial charge in [-0.15, -0.1) is 0 Å². The second kappa shape index (κ2) is 7.75. The maximum absolute atomic E-state index is 11.8. The Kier molecular flexibility index (Phi) is 5.72. The Hall–Kier alpha value is -2.14. The number of benzene rings is 2. The van der Waals surface area contributed by atoms with E-state index in [1.165, 1.54) is 0 Å². The molecule has 0 spiro atoms. The molecule has 0 aromatic heterocycles. The Morgan fingerprint density at radius 2 is 1.86 bits per heavy atom. The van der Waals surface area contributed by atoms with Crippen molar-refractivity contribution in [3.8, 4) is 0 Å². The van der Waals surface area contributed by atoms with Crippen LogP contribution in [-0.4, -0.2) is 18.5 Å². The molecule has 4 nitrogen and oxygen atoms in total. The van der Waals surface area contributed by atoms with Crippen LogP contribution in [0.1, 0.15) is 28.9 Å². The highest BCUT2D eigenvalue weighted by atomic mass is 79.9. The molecular formula is C17H16BrNO3. The number of carbonyl (C=O) groups is 2. The minimum Gasteiger partial charge on any atom is -0.452 e. The fourth-order valence-electron chi connectivity index (χ4n) is 1.94. The maximum atomic E-state index is 11.8. The molecule has 0 fully saturated rings. The van der Waals surface area contributed by atoms with Gasteiger partial charge in [-0.25, -0.2) is 4.79 Å². The first-order valence-corrected chi connectivity index (χ1v) is 7.62. The smallest absolute Gasteiger partial charge is 0.338 e. The van der Waals surface area contributed by atoms with Crippen LogP contribution in [0.2, 0.25) is 0 Å². The van der Waals surface area contributed by atoms with Gasteiger partial charge >= 0.3 is 5.97 Å². The van der Waals surface area contributed by atoms with Crippen LogP contribution in [-0.2, 0) is 9.53 Å². The van der Waals surface area contributed by atoms with Crippen LogP contribution < -0.4 is 5.32 Å². The normalized spacial score (nSPS) is 11.5. The van der Waals surface area contributed by atoms with Crippen LogP contribution in [0.15, 0.2) is 59.1 Å². The highest BCUT2D eigenvalue weighted by Gasteiger charge is 2.13. The summed E-state index contributed by atoms with van der Waals surface area (Å²) in [6, 6.07) is 16.3. The number of carbonyl (C=O) groups excluding carboxylic acids is 2. The summed E-state index contributed by atoms with van der Waals surface area (Å²) in [5.74, 6) is -0.858. The van der Waals surface area contributed by atoms with Crippen molar-refractivity contribution in [1.29, 1.82) is 0 Å². The Morgan fingerprint density at radius 3 is 2.55 bits per heavy atom. The number of ether oxygens (including phenoxy) is 1. The molecule has 0 bridgehead atoms. The number of nitrogens with one attached hydrogen (secondary N) is 1. The monoisotopic (exact) mass is 361 g/mol. The number of hydrogen-bond acceptors (Lipinski definition) is 3. The van der Waals surface area contributed by atoms with Crippen molar-refractivity contribution in [3.63, 3.8) is 0 Å². The van der Waals surface area contributed by atoms with Gasteiger partial charge in [-0.2, -0.15) is 0 Å². The van der Waals surface area contributed by atoms with Crippen LogP contribution in [0.4, 0.5) is 0 Å². The van der Waals surface area contributed by atoms with E-state index < -0.39 is 5.97 Å². The third-order valence-electron chi connectivity index (χ3n) is 3.07. The van der Waals surface area contributed by atoms with Crippen molar-refractivity contribution in [2.75, 3.05) is 6.61 Å². The highest BCUT2D eigenvalue weighted by molar-refractivity contribution is 9.10. The summed E-state index contributed by atoms with van der Waals surface area (Å²) < 4.78 is 5.79. The lowest BCUT2D eigenvalue weighted by Crippen LogP contribution is -2.31. The van der Waals surface area contributed by atoms with Crippen molar-refractivity contribution >= 4 is 27.8 Å². The molecule has 2 aromatic rings. The van der Waals surface area contributed by atoms with E-state index in [4.69, 9.17) is 4.74 Å². The van der Waals surface area contributed by atoms with E-state index in [9.17, 15) is 9.59 Å². The zero-order chi connectivity index (χ0) is 15.9. The summed E-state index contributed by atoms with van der Waals surface area (Å²) in [7, 11) is 0. The van der Waals surface area contributed by atoms with E-state index in [0.717, 1.165) is 10.0 Å². The van der Waals surface area contributed by atoms with Crippen molar-refractivity contribution in [2.45, 2.75) is 13.0 Å².